The molecular formula is C15H26N2O3. The maximum Gasteiger partial charge on any atom is 0.232 e. The van der Waals surface area contributed by atoms with Crippen molar-refractivity contribution in [3.63, 3.8) is 0 Å². The van der Waals surface area contributed by atoms with Crippen molar-refractivity contribution in [1.82, 2.24) is 10.1 Å². The van der Waals surface area contributed by atoms with Crippen LogP contribution in [-0.4, -0.2) is 28.0 Å². The molecule has 0 saturated heterocycles. The average Bonchev–Trinajstić information content (AvgIpc) is 2.97. The Morgan fingerprint density at radius 1 is 1.30 bits per heavy atom. The Bertz CT molecular complexity index is 407. The summed E-state index contributed by atoms with van der Waals surface area (Å²) in [5.41, 5.74) is -0.383. The highest BCUT2D eigenvalue weighted by Gasteiger charge is 2.39. The summed E-state index contributed by atoms with van der Waals surface area (Å²) in [4.78, 5) is 4.53. The van der Waals surface area contributed by atoms with E-state index in [1.54, 1.807) is 0 Å². The molecule has 1 aromatic heterocycles. The van der Waals surface area contributed by atoms with Crippen molar-refractivity contribution < 1.29 is 14.4 Å². The summed E-state index contributed by atoms with van der Waals surface area (Å²) < 4.78 is 11.4. The van der Waals surface area contributed by atoms with Crippen molar-refractivity contribution in [3.8, 4) is 0 Å². The maximum atomic E-state index is 9.91. The van der Waals surface area contributed by atoms with E-state index < -0.39 is 6.10 Å². The van der Waals surface area contributed by atoms with Gasteiger partial charge in [0.25, 0.3) is 0 Å². The van der Waals surface area contributed by atoms with Crippen LogP contribution in [0.4, 0.5) is 0 Å². The first-order valence-electron chi connectivity index (χ1n) is 7.79. The van der Waals surface area contributed by atoms with E-state index in [0.717, 1.165) is 25.7 Å². The summed E-state index contributed by atoms with van der Waals surface area (Å²) >= 11 is 0. The Balaban J connectivity index is 2.20. The quantitative estimate of drug-likeness (QED) is 0.868. The molecule has 5 nitrogen and oxygen atoms in total. The summed E-state index contributed by atoms with van der Waals surface area (Å²) in [5.74, 6) is 1.03. The van der Waals surface area contributed by atoms with E-state index in [4.69, 9.17) is 9.26 Å². The smallest absolute Gasteiger partial charge is 0.232 e. The molecule has 1 heterocycles. The Morgan fingerprint density at radius 3 is 2.60 bits per heavy atom. The first-order valence-corrected chi connectivity index (χ1v) is 7.79. The molecule has 2 unspecified atom stereocenters. The van der Waals surface area contributed by atoms with Gasteiger partial charge in [0.1, 0.15) is 5.60 Å². The number of aliphatic hydroxyl groups is 1. The Morgan fingerprint density at radius 2 is 2.00 bits per heavy atom. The molecule has 114 valence electrons. The number of ether oxygens (including phenoxy) is 1. The highest BCUT2D eigenvalue weighted by molar-refractivity contribution is 5.05. The first-order chi connectivity index (χ1) is 9.63. The lowest BCUT2D eigenvalue weighted by molar-refractivity contribution is -0.0777. The second-order valence-corrected chi connectivity index (χ2v) is 5.71. The Kier molecular flexibility index (Phi) is 5.16. The van der Waals surface area contributed by atoms with Crippen molar-refractivity contribution in [1.29, 1.82) is 0 Å². The van der Waals surface area contributed by atoms with Gasteiger partial charge in [0.2, 0.25) is 11.7 Å². The summed E-state index contributed by atoms with van der Waals surface area (Å²) in [6, 6.07) is 0. The zero-order valence-electron chi connectivity index (χ0n) is 12.8. The van der Waals surface area contributed by atoms with E-state index in [9.17, 15) is 5.11 Å². The number of hydrogen-bond donors (Lipinski definition) is 1. The molecule has 1 N–H and O–H groups in total. The second kappa shape index (κ2) is 6.68. The molecule has 1 saturated carbocycles. The van der Waals surface area contributed by atoms with Gasteiger partial charge in [-0.3, -0.25) is 0 Å². The lowest BCUT2D eigenvalue weighted by atomic mass is 9.84. The van der Waals surface area contributed by atoms with Gasteiger partial charge in [-0.15, -0.1) is 0 Å². The van der Waals surface area contributed by atoms with E-state index >= 15 is 0 Å². The molecule has 0 spiro atoms. The molecular weight excluding hydrogens is 256 g/mol. The van der Waals surface area contributed by atoms with Gasteiger partial charge in [-0.25, -0.2) is 0 Å². The van der Waals surface area contributed by atoms with Gasteiger partial charge >= 0.3 is 0 Å². The topological polar surface area (TPSA) is 68.4 Å². The van der Waals surface area contributed by atoms with Crippen molar-refractivity contribution in [2.75, 3.05) is 6.61 Å². The van der Waals surface area contributed by atoms with Crippen molar-refractivity contribution in [2.45, 2.75) is 76.9 Å². The van der Waals surface area contributed by atoms with Crippen molar-refractivity contribution >= 4 is 0 Å². The van der Waals surface area contributed by atoms with Crippen LogP contribution in [0.25, 0.3) is 0 Å². The molecule has 5 heteroatoms. The third-order valence-corrected chi connectivity index (χ3v) is 4.32. The van der Waals surface area contributed by atoms with E-state index in [0.29, 0.717) is 24.7 Å². The van der Waals surface area contributed by atoms with Crippen LogP contribution in [0.2, 0.25) is 0 Å². The number of aliphatic hydroxyl groups excluding tert-OH is 1. The standard InChI is InChI=1S/C15H26N2O3/c1-4-12(18)11(3)13-16-14(17-20-13)15(19-5-2)9-7-6-8-10-15/h11-12,18H,4-10H2,1-3H3. The predicted molar refractivity (Wildman–Crippen MR) is 75.4 cm³/mol. The van der Waals surface area contributed by atoms with Crippen LogP contribution in [0.5, 0.6) is 0 Å². The fraction of sp³-hybridized carbons (Fsp3) is 0.867. The largest absolute Gasteiger partial charge is 0.392 e. The lowest BCUT2D eigenvalue weighted by Gasteiger charge is -2.33. The molecule has 2 atom stereocenters. The molecule has 1 fully saturated rings. The lowest BCUT2D eigenvalue weighted by Crippen LogP contribution is -2.33. The Labute approximate surface area is 120 Å². The summed E-state index contributed by atoms with van der Waals surface area (Å²) in [6.45, 7) is 6.51. The van der Waals surface area contributed by atoms with E-state index in [1.807, 2.05) is 20.8 Å². The van der Waals surface area contributed by atoms with Crippen LogP contribution in [0.15, 0.2) is 4.52 Å². The van der Waals surface area contributed by atoms with Gasteiger partial charge in [0.15, 0.2) is 0 Å². The van der Waals surface area contributed by atoms with Gasteiger partial charge in [-0.2, -0.15) is 4.98 Å². The summed E-state index contributed by atoms with van der Waals surface area (Å²) in [7, 11) is 0. The number of nitrogens with zero attached hydrogens (tertiary/aromatic N) is 2. The number of hydrogen-bond acceptors (Lipinski definition) is 5. The molecule has 1 aliphatic rings. The van der Waals surface area contributed by atoms with Crippen LogP contribution >= 0.6 is 0 Å². The van der Waals surface area contributed by atoms with E-state index in [-0.39, 0.29) is 11.5 Å². The molecule has 1 aliphatic carbocycles. The monoisotopic (exact) mass is 282 g/mol. The molecule has 0 aliphatic heterocycles. The maximum absolute atomic E-state index is 9.91. The van der Waals surface area contributed by atoms with Crippen LogP contribution in [0, 0.1) is 0 Å². The number of aromatic nitrogens is 2. The highest BCUT2D eigenvalue weighted by Crippen LogP contribution is 2.39. The van der Waals surface area contributed by atoms with Gasteiger partial charge in [0, 0.05) is 6.61 Å². The first kappa shape index (κ1) is 15.4. The van der Waals surface area contributed by atoms with E-state index in [1.165, 1.54) is 6.42 Å². The highest BCUT2D eigenvalue weighted by atomic mass is 16.5. The van der Waals surface area contributed by atoms with Crippen LogP contribution in [0.3, 0.4) is 0 Å². The zero-order chi connectivity index (χ0) is 14.6. The van der Waals surface area contributed by atoms with Gasteiger partial charge in [-0.1, -0.05) is 38.3 Å². The third kappa shape index (κ3) is 3.04. The fourth-order valence-corrected chi connectivity index (χ4v) is 2.96. The SMILES string of the molecule is CCOC1(c2noc(C(C)C(O)CC)n2)CCCCC1. The molecule has 20 heavy (non-hydrogen) atoms. The Hall–Kier alpha value is -0.940. The molecule has 0 radical (unpaired) electrons. The third-order valence-electron chi connectivity index (χ3n) is 4.32. The summed E-state index contributed by atoms with van der Waals surface area (Å²) in [6.07, 6.45) is 5.64. The minimum atomic E-state index is -0.447. The molecule has 0 bridgehead atoms. The van der Waals surface area contributed by atoms with E-state index in [2.05, 4.69) is 10.1 Å². The molecule has 0 aromatic carbocycles. The second-order valence-electron chi connectivity index (χ2n) is 5.71. The van der Waals surface area contributed by atoms with Crippen molar-refractivity contribution in [2.24, 2.45) is 0 Å². The average molecular weight is 282 g/mol. The molecule has 1 aromatic rings. The summed E-state index contributed by atoms with van der Waals surface area (Å²) in [5, 5.41) is 14.1. The van der Waals surface area contributed by atoms with Gasteiger partial charge < -0.3 is 14.4 Å². The van der Waals surface area contributed by atoms with Crippen molar-refractivity contribution in [3.05, 3.63) is 11.7 Å². The van der Waals surface area contributed by atoms with Gasteiger partial charge in [-0.05, 0) is 26.2 Å². The minimum Gasteiger partial charge on any atom is -0.392 e. The van der Waals surface area contributed by atoms with Gasteiger partial charge in [0.05, 0.1) is 12.0 Å². The van der Waals surface area contributed by atoms with Crippen LogP contribution < -0.4 is 0 Å². The normalized spacial score (nSPS) is 21.6. The zero-order valence-corrected chi connectivity index (χ0v) is 12.8. The predicted octanol–water partition coefficient (Wildman–Crippen LogP) is 3.14. The molecule has 2 rings (SSSR count). The minimum absolute atomic E-state index is 0.136. The number of rotatable bonds is 6. The fourth-order valence-electron chi connectivity index (χ4n) is 2.96. The van der Waals surface area contributed by atoms with Crippen LogP contribution in [-0.2, 0) is 10.3 Å². The van der Waals surface area contributed by atoms with Crippen LogP contribution in [0.1, 0.15) is 76.9 Å². The molecule has 0 amide bonds.